The highest BCUT2D eigenvalue weighted by atomic mass is 16.5. The highest BCUT2D eigenvalue weighted by molar-refractivity contribution is 5.80. The van der Waals surface area contributed by atoms with Crippen LogP contribution in [0.15, 0.2) is 36.9 Å². The fraction of sp³-hybridized carbons (Fsp3) is 0.333. The molecule has 134 valence electrons. The molecule has 0 amide bonds. The Morgan fingerprint density at radius 2 is 1.88 bits per heavy atom. The Kier molecular flexibility index (Phi) is 4.16. The number of rotatable bonds is 3. The number of carbonyl (C=O) groups excluding carboxylic acids is 1. The van der Waals surface area contributed by atoms with Crippen LogP contribution in [-0.4, -0.2) is 45.7 Å². The number of anilines is 2. The molecule has 1 aliphatic heterocycles. The molecule has 0 atom stereocenters. The molecule has 1 saturated heterocycles. The first-order valence-corrected chi connectivity index (χ1v) is 8.54. The average Bonchev–Trinajstić information content (AvgIpc) is 3.12. The van der Waals surface area contributed by atoms with E-state index in [1.165, 1.54) is 13.4 Å². The van der Waals surface area contributed by atoms with Gasteiger partial charge < -0.3 is 15.4 Å². The van der Waals surface area contributed by atoms with Gasteiger partial charge in [-0.1, -0.05) is 12.1 Å². The van der Waals surface area contributed by atoms with E-state index >= 15 is 0 Å². The maximum absolute atomic E-state index is 11.7. The molecule has 1 aromatic carbocycles. The van der Waals surface area contributed by atoms with Crippen LogP contribution >= 0.6 is 0 Å². The first-order valence-electron chi connectivity index (χ1n) is 8.54. The van der Waals surface area contributed by atoms with Crippen LogP contribution in [0.25, 0.3) is 16.9 Å². The molecule has 4 rings (SSSR count). The standard InChI is InChI=1S/C18H20N6O2/c1-26-18(25)12-6-8-23(9-7-12)16-15(19)17(21-10-20-16)24-11-22-13-4-2-3-5-14(13)24/h2-5,10-12H,6-9,19H2,1H3. The lowest BCUT2D eigenvalue weighted by Crippen LogP contribution is -2.37. The quantitative estimate of drug-likeness (QED) is 0.717. The summed E-state index contributed by atoms with van der Waals surface area (Å²) in [6, 6.07) is 7.82. The van der Waals surface area contributed by atoms with E-state index in [4.69, 9.17) is 10.5 Å². The summed E-state index contributed by atoms with van der Waals surface area (Å²) >= 11 is 0. The van der Waals surface area contributed by atoms with Crippen LogP contribution in [0.1, 0.15) is 12.8 Å². The summed E-state index contributed by atoms with van der Waals surface area (Å²) in [7, 11) is 1.43. The Hall–Kier alpha value is -3.16. The fourth-order valence-electron chi connectivity index (χ4n) is 3.44. The number of hydrogen-bond acceptors (Lipinski definition) is 7. The maximum Gasteiger partial charge on any atom is 0.308 e. The van der Waals surface area contributed by atoms with Gasteiger partial charge in [-0.15, -0.1) is 0 Å². The molecule has 1 aliphatic rings. The van der Waals surface area contributed by atoms with Gasteiger partial charge in [-0.05, 0) is 25.0 Å². The number of hydrogen-bond donors (Lipinski definition) is 1. The lowest BCUT2D eigenvalue weighted by Gasteiger charge is -2.32. The molecule has 0 unspecified atom stereocenters. The van der Waals surface area contributed by atoms with E-state index in [2.05, 4.69) is 19.9 Å². The smallest absolute Gasteiger partial charge is 0.308 e. The molecule has 8 heteroatoms. The monoisotopic (exact) mass is 352 g/mol. The number of esters is 1. The number of fused-ring (bicyclic) bond motifs is 1. The van der Waals surface area contributed by atoms with Crippen LogP contribution in [0.2, 0.25) is 0 Å². The zero-order chi connectivity index (χ0) is 18.1. The second kappa shape index (κ2) is 6.62. The van der Waals surface area contributed by atoms with Crippen molar-refractivity contribution >= 4 is 28.5 Å². The molecule has 0 bridgehead atoms. The number of para-hydroxylation sites is 2. The molecule has 3 aromatic rings. The lowest BCUT2D eigenvalue weighted by atomic mass is 9.97. The van der Waals surface area contributed by atoms with E-state index in [1.54, 1.807) is 6.33 Å². The second-order valence-corrected chi connectivity index (χ2v) is 6.32. The SMILES string of the molecule is COC(=O)C1CCN(c2ncnc(-n3cnc4ccccc43)c2N)CC1. The Balaban J connectivity index is 1.64. The highest BCUT2D eigenvalue weighted by Crippen LogP contribution is 2.30. The minimum absolute atomic E-state index is 0.0589. The van der Waals surface area contributed by atoms with Crippen LogP contribution in [-0.2, 0) is 9.53 Å². The summed E-state index contributed by atoms with van der Waals surface area (Å²) in [5.74, 6) is 1.09. The third kappa shape index (κ3) is 2.73. The summed E-state index contributed by atoms with van der Waals surface area (Å²) in [5, 5.41) is 0. The summed E-state index contributed by atoms with van der Waals surface area (Å²) in [4.78, 5) is 27.0. The van der Waals surface area contributed by atoms with E-state index in [9.17, 15) is 4.79 Å². The summed E-state index contributed by atoms with van der Waals surface area (Å²) in [6.45, 7) is 1.40. The van der Waals surface area contributed by atoms with Crippen LogP contribution < -0.4 is 10.6 Å². The predicted octanol–water partition coefficient (Wildman–Crippen LogP) is 1.79. The number of carbonyl (C=O) groups is 1. The molecule has 3 heterocycles. The van der Waals surface area contributed by atoms with Crippen LogP contribution in [0.3, 0.4) is 0 Å². The molecular weight excluding hydrogens is 332 g/mol. The van der Waals surface area contributed by atoms with Gasteiger partial charge in [0, 0.05) is 13.1 Å². The molecule has 0 saturated carbocycles. The number of nitrogens with two attached hydrogens (primary N) is 1. The maximum atomic E-state index is 11.7. The second-order valence-electron chi connectivity index (χ2n) is 6.32. The molecule has 0 radical (unpaired) electrons. The van der Waals surface area contributed by atoms with Crippen LogP contribution in [0, 0.1) is 5.92 Å². The van der Waals surface area contributed by atoms with Gasteiger partial charge in [0.05, 0.1) is 24.1 Å². The van der Waals surface area contributed by atoms with Crippen molar-refractivity contribution < 1.29 is 9.53 Å². The minimum atomic E-state index is -0.147. The fourth-order valence-corrected chi connectivity index (χ4v) is 3.44. The largest absolute Gasteiger partial charge is 0.469 e. The molecule has 2 N–H and O–H groups in total. The number of aromatic nitrogens is 4. The number of piperidine rings is 1. The van der Waals surface area contributed by atoms with Crippen molar-refractivity contribution in [3.05, 3.63) is 36.9 Å². The van der Waals surface area contributed by atoms with Gasteiger partial charge in [0.2, 0.25) is 0 Å². The van der Waals surface area contributed by atoms with Gasteiger partial charge >= 0.3 is 5.97 Å². The van der Waals surface area contributed by atoms with E-state index < -0.39 is 0 Å². The number of imidazole rings is 1. The van der Waals surface area contributed by atoms with Gasteiger partial charge in [-0.2, -0.15) is 0 Å². The first-order chi connectivity index (χ1) is 12.7. The topological polar surface area (TPSA) is 99.2 Å². The van der Waals surface area contributed by atoms with Crippen molar-refractivity contribution in [2.45, 2.75) is 12.8 Å². The zero-order valence-electron chi connectivity index (χ0n) is 14.5. The molecule has 26 heavy (non-hydrogen) atoms. The Labute approximate surface area is 150 Å². The summed E-state index contributed by atoms with van der Waals surface area (Å²) in [5.41, 5.74) is 8.74. The van der Waals surface area contributed by atoms with Gasteiger partial charge in [-0.25, -0.2) is 15.0 Å². The van der Waals surface area contributed by atoms with E-state index in [-0.39, 0.29) is 11.9 Å². The molecule has 2 aromatic heterocycles. The third-order valence-corrected chi connectivity index (χ3v) is 4.85. The van der Waals surface area contributed by atoms with E-state index in [0.29, 0.717) is 30.4 Å². The van der Waals surface area contributed by atoms with Crippen molar-refractivity contribution in [3.63, 3.8) is 0 Å². The van der Waals surface area contributed by atoms with Gasteiger partial charge in [0.1, 0.15) is 18.3 Å². The predicted molar refractivity (Wildman–Crippen MR) is 98.0 cm³/mol. The number of nitrogen functional groups attached to an aromatic ring is 1. The molecular formula is C18H20N6O2. The lowest BCUT2D eigenvalue weighted by molar-refractivity contribution is -0.146. The van der Waals surface area contributed by atoms with E-state index in [0.717, 1.165) is 23.9 Å². The van der Waals surface area contributed by atoms with Crippen molar-refractivity contribution in [3.8, 4) is 5.82 Å². The molecule has 8 nitrogen and oxygen atoms in total. The number of benzene rings is 1. The summed E-state index contributed by atoms with van der Waals surface area (Å²) < 4.78 is 6.72. The number of nitrogens with zero attached hydrogens (tertiary/aromatic N) is 5. The average molecular weight is 352 g/mol. The van der Waals surface area contributed by atoms with E-state index in [1.807, 2.05) is 28.8 Å². The highest BCUT2D eigenvalue weighted by Gasteiger charge is 2.27. The number of ether oxygens (including phenoxy) is 1. The third-order valence-electron chi connectivity index (χ3n) is 4.85. The Morgan fingerprint density at radius 3 is 2.65 bits per heavy atom. The van der Waals surface area contributed by atoms with Crippen molar-refractivity contribution in [2.75, 3.05) is 30.8 Å². The Bertz CT molecular complexity index is 946. The number of methoxy groups -OCH3 is 1. The van der Waals surface area contributed by atoms with Gasteiger partial charge in [0.25, 0.3) is 0 Å². The molecule has 1 fully saturated rings. The molecule has 0 spiro atoms. The van der Waals surface area contributed by atoms with Crippen molar-refractivity contribution in [2.24, 2.45) is 5.92 Å². The van der Waals surface area contributed by atoms with Gasteiger partial charge in [-0.3, -0.25) is 9.36 Å². The summed E-state index contributed by atoms with van der Waals surface area (Å²) in [6.07, 6.45) is 4.68. The molecule has 0 aliphatic carbocycles. The first kappa shape index (κ1) is 16.3. The zero-order valence-corrected chi connectivity index (χ0v) is 14.5. The van der Waals surface area contributed by atoms with Crippen LogP contribution in [0.4, 0.5) is 11.5 Å². The minimum Gasteiger partial charge on any atom is -0.469 e. The Morgan fingerprint density at radius 1 is 1.15 bits per heavy atom. The van der Waals surface area contributed by atoms with Crippen molar-refractivity contribution in [1.29, 1.82) is 0 Å². The van der Waals surface area contributed by atoms with Gasteiger partial charge in [0.15, 0.2) is 11.6 Å². The van der Waals surface area contributed by atoms with Crippen molar-refractivity contribution in [1.82, 2.24) is 19.5 Å². The normalized spacial score (nSPS) is 15.3. The van der Waals surface area contributed by atoms with Crippen LogP contribution in [0.5, 0.6) is 0 Å².